The quantitative estimate of drug-likeness (QED) is 0.513. The molecule has 2 aromatic carbocycles. The summed E-state index contributed by atoms with van der Waals surface area (Å²) in [6, 6.07) is 16.2. The number of hydrogen-bond acceptors (Lipinski definition) is 5. The lowest BCUT2D eigenvalue weighted by molar-refractivity contribution is -0.124. The Hall–Kier alpha value is -3.02. The molecule has 0 fully saturated rings. The van der Waals surface area contributed by atoms with Crippen molar-refractivity contribution in [2.75, 3.05) is 19.8 Å². The molecule has 0 radical (unpaired) electrons. The second-order valence-electron chi connectivity index (χ2n) is 5.96. The van der Waals surface area contributed by atoms with E-state index < -0.39 is 5.97 Å². The topological polar surface area (TPSA) is 73.9 Å². The summed E-state index contributed by atoms with van der Waals surface area (Å²) in [5, 5.41) is 2.74. The van der Waals surface area contributed by atoms with Crippen molar-refractivity contribution in [2.45, 2.75) is 26.3 Å². The fourth-order valence-corrected chi connectivity index (χ4v) is 2.22. The predicted molar refractivity (Wildman–Crippen MR) is 102 cm³/mol. The molecule has 0 aliphatic heterocycles. The molecule has 2 aromatic rings. The van der Waals surface area contributed by atoms with Gasteiger partial charge in [0.1, 0.15) is 30.3 Å². The SMILES string of the molecule is CC[C@@H](C)NC(=O)COC(=O)c1ccccc1OCCOc1ccccc1. The van der Waals surface area contributed by atoms with E-state index in [0.29, 0.717) is 12.4 Å². The van der Waals surface area contributed by atoms with Crippen LogP contribution in [0.2, 0.25) is 0 Å². The monoisotopic (exact) mass is 371 g/mol. The van der Waals surface area contributed by atoms with Gasteiger partial charge in [-0.05, 0) is 37.6 Å². The molecule has 0 spiro atoms. The van der Waals surface area contributed by atoms with Gasteiger partial charge in [0.25, 0.3) is 5.91 Å². The van der Waals surface area contributed by atoms with Gasteiger partial charge >= 0.3 is 5.97 Å². The Morgan fingerprint density at radius 3 is 2.37 bits per heavy atom. The van der Waals surface area contributed by atoms with Crippen LogP contribution in [0.1, 0.15) is 30.6 Å². The first-order chi connectivity index (χ1) is 13.1. The van der Waals surface area contributed by atoms with Crippen LogP contribution in [0.5, 0.6) is 11.5 Å². The Morgan fingerprint density at radius 2 is 1.63 bits per heavy atom. The van der Waals surface area contributed by atoms with E-state index >= 15 is 0 Å². The molecule has 144 valence electrons. The molecule has 0 saturated carbocycles. The summed E-state index contributed by atoms with van der Waals surface area (Å²) in [7, 11) is 0. The van der Waals surface area contributed by atoms with E-state index in [-0.39, 0.29) is 30.7 Å². The summed E-state index contributed by atoms with van der Waals surface area (Å²) in [5.74, 6) is 0.212. The van der Waals surface area contributed by atoms with Gasteiger partial charge < -0.3 is 19.5 Å². The molecule has 1 N–H and O–H groups in total. The first kappa shape index (κ1) is 20.3. The molecule has 1 amide bonds. The number of para-hydroxylation sites is 2. The van der Waals surface area contributed by atoms with E-state index in [2.05, 4.69) is 5.32 Å². The van der Waals surface area contributed by atoms with Crippen LogP contribution < -0.4 is 14.8 Å². The van der Waals surface area contributed by atoms with Crippen molar-refractivity contribution in [1.29, 1.82) is 0 Å². The van der Waals surface area contributed by atoms with Crippen LogP contribution in [0.15, 0.2) is 54.6 Å². The van der Waals surface area contributed by atoms with Gasteiger partial charge in [0.05, 0.1) is 0 Å². The molecule has 1 atom stereocenters. The smallest absolute Gasteiger partial charge is 0.342 e. The average molecular weight is 371 g/mol. The maximum atomic E-state index is 12.3. The van der Waals surface area contributed by atoms with Gasteiger partial charge in [-0.15, -0.1) is 0 Å². The van der Waals surface area contributed by atoms with E-state index in [4.69, 9.17) is 14.2 Å². The molecule has 0 heterocycles. The van der Waals surface area contributed by atoms with Crippen molar-refractivity contribution in [3.05, 3.63) is 60.2 Å². The van der Waals surface area contributed by atoms with Crippen molar-refractivity contribution >= 4 is 11.9 Å². The summed E-state index contributed by atoms with van der Waals surface area (Å²) in [5.41, 5.74) is 0.272. The fraction of sp³-hybridized carbons (Fsp3) is 0.333. The van der Waals surface area contributed by atoms with Gasteiger partial charge in [-0.3, -0.25) is 4.79 Å². The highest BCUT2D eigenvalue weighted by Crippen LogP contribution is 2.19. The number of esters is 1. The summed E-state index contributed by atoms with van der Waals surface area (Å²) < 4.78 is 16.3. The molecule has 2 rings (SSSR count). The molecular weight excluding hydrogens is 346 g/mol. The molecule has 0 saturated heterocycles. The Labute approximate surface area is 159 Å². The van der Waals surface area contributed by atoms with E-state index in [1.807, 2.05) is 44.2 Å². The molecular formula is C21H25NO5. The van der Waals surface area contributed by atoms with E-state index in [1.165, 1.54) is 0 Å². The zero-order chi connectivity index (χ0) is 19.5. The Bertz CT molecular complexity index is 732. The minimum atomic E-state index is -0.603. The van der Waals surface area contributed by atoms with E-state index in [9.17, 15) is 9.59 Å². The summed E-state index contributed by atoms with van der Waals surface area (Å²) >= 11 is 0. The number of amides is 1. The van der Waals surface area contributed by atoms with Gasteiger partial charge in [-0.2, -0.15) is 0 Å². The molecule has 0 bridgehead atoms. The normalized spacial score (nSPS) is 11.3. The van der Waals surface area contributed by atoms with Crippen LogP contribution in [0.4, 0.5) is 0 Å². The lowest BCUT2D eigenvalue weighted by Gasteiger charge is -2.13. The van der Waals surface area contributed by atoms with Crippen molar-refractivity contribution in [2.24, 2.45) is 0 Å². The Kier molecular flexibility index (Phi) is 8.16. The van der Waals surface area contributed by atoms with Gasteiger partial charge in [-0.25, -0.2) is 4.79 Å². The van der Waals surface area contributed by atoms with E-state index in [1.54, 1.807) is 24.3 Å². The van der Waals surface area contributed by atoms with Crippen LogP contribution in [-0.4, -0.2) is 37.7 Å². The minimum absolute atomic E-state index is 0.0384. The largest absolute Gasteiger partial charge is 0.490 e. The standard InChI is InChI=1S/C21H25NO5/c1-3-16(2)22-20(23)15-27-21(24)18-11-7-8-12-19(18)26-14-13-25-17-9-5-4-6-10-17/h4-12,16H,3,13-15H2,1-2H3,(H,22,23)/t16-/m1/s1. The maximum Gasteiger partial charge on any atom is 0.342 e. The van der Waals surface area contributed by atoms with Gasteiger partial charge in [0, 0.05) is 6.04 Å². The highest BCUT2D eigenvalue weighted by atomic mass is 16.5. The number of ether oxygens (including phenoxy) is 3. The highest BCUT2D eigenvalue weighted by Gasteiger charge is 2.15. The highest BCUT2D eigenvalue weighted by molar-refractivity contribution is 5.94. The molecule has 6 nitrogen and oxygen atoms in total. The molecule has 0 aromatic heterocycles. The van der Waals surface area contributed by atoms with Crippen LogP contribution in [0, 0.1) is 0 Å². The summed E-state index contributed by atoms with van der Waals surface area (Å²) in [6.07, 6.45) is 0.807. The third kappa shape index (κ3) is 7.01. The van der Waals surface area contributed by atoms with Gasteiger partial charge in [0.15, 0.2) is 6.61 Å². The molecule has 0 unspecified atom stereocenters. The van der Waals surface area contributed by atoms with Crippen LogP contribution in [0.3, 0.4) is 0 Å². The van der Waals surface area contributed by atoms with Crippen LogP contribution in [0.25, 0.3) is 0 Å². The Morgan fingerprint density at radius 1 is 0.963 bits per heavy atom. The summed E-state index contributed by atoms with van der Waals surface area (Å²) in [4.78, 5) is 24.0. The first-order valence-electron chi connectivity index (χ1n) is 8.96. The second kappa shape index (κ2) is 10.9. The van der Waals surface area contributed by atoms with Gasteiger partial charge in [-0.1, -0.05) is 37.3 Å². The number of rotatable bonds is 10. The van der Waals surface area contributed by atoms with E-state index in [0.717, 1.165) is 12.2 Å². The van der Waals surface area contributed by atoms with Crippen molar-refractivity contribution < 1.29 is 23.8 Å². The molecule has 0 aliphatic rings. The second-order valence-corrected chi connectivity index (χ2v) is 5.96. The fourth-order valence-electron chi connectivity index (χ4n) is 2.22. The molecule has 27 heavy (non-hydrogen) atoms. The number of benzene rings is 2. The van der Waals surface area contributed by atoms with Crippen molar-refractivity contribution in [1.82, 2.24) is 5.32 Å². The van der Waals surface area contributed by atoms with Crippen molar-refractivity contribution in [3.63, 3.8) is 0 Å². The average Bonchev–Trinajstić information content (AvgIpc) is 2.70. The zero-order valence-electron chi connectivity index (χ0n) is 15.6. The molecule has 0 aliphatic carbocycles. The number of carbonyl (C=O) groups excluding carboxylic acids is 2. The number of hydrogen-bond donors (Lipinski definition) is 1. The maximum absolute atomic E-state index is 12.3. The third-order valence-corrected chi connectivity index (χ3v) is 3.81. The lowest BCUT2D eigenvalue weighted by atomic mass is 10.2. The lowest BCUT2D eigenvalue weighted by Crippen LogP contribution is -2.35. The van der Waals surface area contributed by atoms with Crippen LogP contribution >= 0.6 is 0 Å². The first-order valence-corrected chi connectivity index (χ1v) is 8.96. The number of nitrogens with one attached hydrogen (secondary N) is 1. The zero-order valence-corrected chi connectivity index (χ0v) is 15.6. The number of carbonyl (C=O) groups is 2. The minimum Gasteiger partial charge on any atom is -0.490 e. The van der Waals surface area contributed by atoms with Gasteiger partial charge in [0.2, 0.25) is 0 Å². The molecule has 6 heteroatoms. The predicted octanol–water partition coefficient (Wildman–Crippen LogP) is 3.22. The third-order valence-electron chi connectivity index (χ3n) is 3.81. The van der Waals surface area contributed by atoms with Crippen molar-refractivity contribution in [3.8, 4) is 11.5 Å². The van der Waals surface area contributed by atoms with Crippen LogP contribution in [-0.2, 0) is 9.53 Å². The summed E-state index contributed by atoms with van der Waals surface area (Å²) in [6.45, 7) is 4.14. The Balaban J connectivity index is 1.83.